The molecule has 1 heterocycles. The molecule has 0 radical (unpaired) electrons. The first kappa shape index (κ1) is 15.5. The fourth-order valence-electron chi connectivity index (χ4n) is 1.95. The number of aromatic nitrogens is 2. The van der Waals surface area contributed by atoms with E-state index in [0.717, 1.165) is 31.6 Å². The van der Waals surface area contributed by atoms with Gasteiger partial charge in [-0.3, -0.25) is 0 Å². The van der Waals surface area contributed by atoms with Crippen molar-refractivity contribution in [3.05, 3.63) is 42.0 Å². The Balaban J connectivity index is 1.73. The quantitative estimate of drug-likeness (QED) is 0.769. The SMILES string of the molecule is CCCNC(C)CCc1nc(COc2ccccc2)no1. The molecule has 5 nitrogen and oxygen atoms in total. The fraction of sp³-hybridized carbons (Fsp3) is 0.500. The fourth-order valence-corrected chi connectivity index (χ4v) is 1.95. The Bertz CT molecular complexity index is 513. The van der Waals surface area contributed by atoms with Crippen molar-refractivity contribution in [2.45, 2.75) is 45.8 Å². The molecule has 0 saturated carbocycles. The van der Waals surface area contributed by atoms with E-state index in [1.54, 1.807) is 0 Å². The molecule has 114 valence electrons. The van der Waals surface area contributed by atoms with Crippen molar-refractivity contribution < 1.29 is 9.26 Å². The molecule has 2 rings (SSSR count). The highest BCUT2D eigenvalue weighted by atomic mass is 16.5. The van der Waals surface area contributed by atoms with Gasteiger partial charge in [-0.1, -0.05) is 30.3 Å². The maximum atomic E-state index is 5.59. The smallest absolute Gasteiger partial charge is 0.226 e. The number of hydrogen-bond donors (Lipinski definition) is 1. The van der Waals surface area contributed by atoms with E-state index < -0.39 is 0 Å². The predicted molar refractivity (Wildman–Crippen MR) is 81.1 cm³/mol. The molecule has 1 N–H and O–H groups in total. The lowest BCUT2D eigenvalue weighted by Crippen LogP contribution is -2.27. The monoisotopic (exact) mass is 289 g/mol. The molecule has 0 fully saturated rings. The first-order valence-corrected chi connectivity index (χ1v) is 7.50. The number of nitrogens with one attached hydrogen (secondary N) is 1. The second-order valence-corrected chi connectivity index (χ2v) is 5.10. The minimum atomic E-state index is 0.331. The first-order valence-electron chi connectivity index (χ1n) is 7.50. The van der Waals surface area contributed by atoms with Gasteiger partial charge >= 0.3 is 0 Å². The van der Waals surface area contributed by atoms with Gasteiger partial charge in [-0.15, -0.1) is 0 Å². The first-order chi connectivity index (χ1) is 10.3. The van der Waals surface area contributed by atoms with Crippen molar-refractivity contribution in [2.24, 2.45) is 0 Å². The van der Waals surface area contributed by atoms with Crippen molar-refractivity contribution in [1.82, 2.24) is 15.5 Å². The number of benzene rings is 1. The van der Waals surface area contributed by atoms with Crippen LogP contribution in [0, 0.1) is 0 Å². The van der Waals surface area contributed by atoms with E-state index in [9.17, 15) is 0 Å². The summed E-state index contributed by atoms with van der Waals surface area (Å²) in [5.74, 6) is 2.07. The van der Waals surface area contributed by atoms with Crippen LogP contribution in [0.15, 0.2) is 34.9 Å². The van der Waals surface area contributed by atoms with Gasteiger partial charge in [0.2, 0.25) is 11.7 Å². The van der Waals surface area contributed by atoms with Gasteiger partial charge in [0.05, 0.1) is 0 Å². The highest BCUT2D eigenvalue weighted by molar-refractivity contribution is 5.20. The average molecular weight is 289 g/mol. The molecule has 0 aliphatic carbocycles. The van der Waals surface area contributed by atoms with E-state index in [1.165, 1.54) is 0 Å². The molecule has 1 aromatic carbocycles. The molecule has 0 amide bonds. The predicted octanol–water partition coefficient (Wildman–Crippen LogP) is 2.97. The van der Waals surface area contributed by atoms with Crippen LogP contribution in [0.4, 0.5) is 0 Å². The molecule has 5 heteroatoms. The van der Waals surface area contributed by atoms with Gasteiger partial charge < -0.3 is 14.6 Å². The Labute approximate surface area is 125 Å². The van der Waals surface area contributed by atoms with Crippen molar-refractivity contribution in [3.63, 3.8) is 0 Å². The third kappa shape index (κ3) is 5.55. The van der Waals surface area contributed by atoms with E-state index in [-0.39, 0.29) is 0 Å². The maximum Gasteiger partial charge on any atom is 0.226 e. The van der Waals surface area contributed by atoms with Gasteiger partial charge in [0.15, 0.2) is 6.61 Å². The molecule has 1 aromatic heterocycles. The van der Waals surface area contributed by atoms with Crippen LogP contribution < -0.4 is 10.1 Å². The van der Waals surface area contributed by atoms with E-state index in [4.69, 9.17) is 9.26 Å². The van der Waals surface area contributed by atoms with Gasteiger partial charge in [-0.25, -0.2) is 0 Å². The van der Waals surface area contributed by atoms with Crippen molar-refractivity contribution >= 4 is 0 Å². The molecule has 1 atom stereocenters. The van der Waals surface area contributed by atoms with E-state index in [0.29, 0.717) is 24.4 Å². The number of aryl methyl sites for hydroxylation is 1. The molecular formula is C16H23N3O2. The van der Waals surface area contributed by atoms with E-state index >= 15 is 0 Å². The molecule has 0 spiro atoms. The Morgan fingerprint density at radius 3 is 2.86 bits per heavy atom. The largest absolute Gasteiger partial charge is 0.485 e. The van der Waals surface area contributed by atoms with Crippen LogP contribution in [0.2, 0.25) is 0 Å². The molecule has 1 unspecified atom stereocenters. The summed E-state index contributed by atoms with van der Waals surface area (Å²) >= 11 is 0. The summed E-state index contributed by atoms with van der Waals surface area (Å²) in [6, 6.07) is 10.1. The second-order valence-electron chi connectivity index (χ2n) is 5.10. The molecule has 0 saturated heterocycles. The van der Waals surface area contributed by atoms with Gasteiger partial charge in [0.1, 0.15) is 5.75 Å². The zero-order valence-corrected chi connectivity index (χ0v) is 12.7. The number of para-hydroxylation sites is 1. The maximum absolute atomic E-state index is 5.59. The summed E-state index contributed by atoms with van der Waals surface area (Å²) < 4.78 is 10.8. The van der Waals surface area contributed by atoms with Crippen molar-refractivity contribution in [2.75, 3.05) is 6.54 Å². The number of nitrogens with zero attached hydrogens (tertiary/aromatic N) is 2. The lowest BCUT2D eigenvalue weighted by molar-refractivity contribution is 0.284. The Kier molecular flexibility index (Phi) is 6.22. The Morgan fingerprint density at radius 2 is 2.10 bits per heavy atom. The van der Waals surface area contributed by atoms with Crippen LogP contribution in [0.3, 0.4) is 0 Å². The summed E-state index contributed by atoms with van der Waals surface area (Å²) in [5, 5.41) is 7.38. The van der Waals surface area contributed by atoms with Crippen LogP contribution in [0.1, 0.15) is 38.4 Å². The van der Waals surface area contributed by atoms with Crippen LogP contribution >= 0.6 is 0 Å². The molecule has 2 aromatic rings. The van der Waals surface area contributed by atoms with Crippen LogP contribution in [-0.4, -0.2) is 22.7 Å². The summed E-state index contributed by atoms with van der Waals surface area (Å²) in [5.41, 5.74) is 0. The van der Waals surface area contributed by atoms with Gasteiger partial charge in [0, 0.05) is 12.5 Å². The molecular weight excluding hydrogens is 266 g/mol. The highest BCUT2D eigenvalue weighted by Gasteiger charge is 2.09. The Hall–Kier alpha value is -1.88. The van der Waals surface area contributed by atoms with Gasteiger partial charge in [-0.05, 0) is 38.4 Å². The molecule has 21 heavy (non-hydrogen) atoms. The van der Waals surface area contributed by atoms with E-state index in [1.807, 2.05) is 30.3 Å². The second kappa shape index (κ2) is 8.42. The average Bonchev–Trinajstić information content (AvgIpc) is 2.98. The summed E-state index contributed by atoms with van der Waals surface area (Å²) in [4.78, 5) is 4.35. The Morgan fingerprint density at radius 1 is 1.29 bits per heavy atom. The number of rotatable bonds is 9. The molecule has 0 aliphatic rings. The van der Waals surface area contributed by atoms with Crippen molar-refractivity contribution in [3.8, 4) is 5.75 Å². The lowest BCUT2D eigenvalue weighted by atomic mass is 10.2. The van der Waals surface area contributed by atoms with Crippen LogP contribution in [0.5, 0.6) is 5.75 Å². The third-order valence-corrected chi connectivity index (χ3v) is 3.16. The number of hydrogen-bond acceptors (Lipinski definition) is 5. The minimum Gasteiger partial charge on any atom is -0.485 e. The number of ether oxygens (including phenoxy) is 1. The van der Waals surface area contributed by atoms with Crippen LogP contribution in [-0.2, 0) is 13.0 Å². The zero-order chi connectivity index (χ0) is 14.9. The topological polar surface area (TPSA) is 60.2 Å². The summed E-state index contributed by atoms with van der Waals surface area (Å²) in [7, 11) is 0. The van der Waals surface area contributed by atoms with E-state index in [2.05, 4.69) is 29.3 Å². The zero-order valence-electron chi connectivity index (χ0n) is 12.7. The van der Waals surface area contributed by atoms with Gasteiger partial charge in [0.25, 0.3) is 0 Å². The van der Waals surface area contributed by atoms with Crippen molar-refractivity contribution in [1.29, 1.82) is 0 Å². The summed E-state index contributed by atoms with van der Waals surface area (Å²) in [6.45, 7) is 5.71. The molecule has 0 bridgehead atoms. The van der Waals surface area contributed by atoms with Gasteiger partial charge in [-0.2, -0.15) is 4.98 Å². The summed E-state index contributed by atoms with van der Waals surface area (Å²) in [6.07, 6.45) is 2.92. The lowest BCUT2D eigenvalue weighted by Gasteiger charge is -2.10. The molecule has 0 aliphatic heterocycles. The highest BCUT2D eigenvalue weighted by Crippen LogP contribution is 2.11. The normalized spacial score (nSPS) is 12.3. The minimum absolute atomic E-state index is 0.331. The third-order valence-electron chi connectivity index (χ3n) is 3.16. The standard InChI is InChI=1S/C16H23N3O2/c1-3-11-17-13(2)9-10-16-18-15(19-21-16)12-20-14-7-5-4-6-8-14/h4-8,13,17H,3,9-12H2,1-2H3. The van der Waals surface area contributed by atoms with Crippen LogP contribution in [0.25, 0.3) is 0 Å².